The lowest BCUT2D eigenvalue weighted by Crippen LogP contribution is -2.26. The molecule has 0 bridgehead atoms. The third kappa shape index (κ3) is 4.69. The van der Waals surface area contributed by atoms with Gasteiger partial charge in [-0.15, -0.1) is 0 Å². The Morgan fingerprint density at radius 3 is 2.81 bits per heavy atom. The summed E-state index contributed by atoms with van der Waals surface area (Å²) in [6, 6.07) is 13.3. The first-order chi connectivity index (χ1) is 13.0. The van der Waals surface area contributed by atoms with Crippen LogP contribution in [0.15, 0.2) is 53.6 Å². The van der Waals surface area contributed by atoms with E-state index in [1.165, 1.54) is 12.1 Å². The summed E-state index contributed by atoms with van der Waals surface area (Å²) in [7, 11) is 0. The summed E-state index contributed by atoms with van der Waals surface area (Å²) >= 11 is 0. The van der Waals surface area contributed by atoms with Crippen LogP contribution in [0.1, 0.15) is 25.3 Å². The Bertz CT molecular complexity index is 882. The van der Waals surface area contributed by atoms with E-state index in [1.807, 2.05) is 24.3 Å². The lowest BCUT2D eigenvalue weighted by atomic mass is 10.1. The molecule has 1 saturated heterocycles. The van der Waals surface area contributed by atoms with Crippen LogP contribution in [0.3, 0.4) is 0 Å². The second-order valence-corrected chi connectivity index (χ2v) is 6.15. The van der Waals surface area contributed by atoms with Crippen molar-refractivity contribution in [3.8, 4) is 5.75 Å². The number of ether oxygens (including phenoxy) is 1. The van der Waals surface area contributed by atoms with Crippen molar-refractivity contribution in [2.45, 2.75) is 19.8 Å². The second-order valence-electron chi connectivity index (χ2n) is 6.15. The van der Waals surface area contributed by atoms with E-state index >= 15 is 0 Å². The molecule has 1 fully saturated rings. The molecular weight excluding hydrogens is 349 g/mol. The molecule has 2 aromatic carbocycles. The van der Waals surface area contributed by atoms with Crippen LogP contribution in [0, 0.1) is 5.82 Å². The Kier molecular flexibility index (Phi) is 5.80. The first kappa shape index (κ1) is 18.6. The highest BCUT2D eigenvalue weighted by atomic mass is 19.1. The zero-order chi connectivity index (χ0) is 19.2. The standard InChI is InChI=1S/C20H20FN3O3/c1-14(15-6-4-7-16(12-15)24-11-5-10-20(24)26)22-23-19(25)13-27-18-9-3-2-8-17(18)21/h2-4,6-9,12H,5,10-11,13H2,1H3,(H,23,25)/b22-14-. The molecule has 0 unspecified atom stereocenters. The van der Waals surface area contributed by atoms with E-state index in [2.05, 4.69) is 10.5 Å². The highest BCUT2D eigenvalue weighted by Crippen LogP contribution is 2.22. The molecular formula is C20H20FN3O3. The zero-order valence-electron chi connectivity index (χ0n) is 14.9. The molecule has 0 aliphatic carbocycles. The van der Waals surface area contributed by atoms with Gasteiger partial charge in [-0.2, -0.15) is 5.10 Å². The fourth-order valence-electron chi connectivity index (χ4n) is 2.77. The molecule has 7 heteroatoms. The first-order valence-corrected chi connectivity index (χ1v) is 8.66. The van der Waals surface area contributed by atoms with Crippen LogP contribution in [0.5, 0.6) is 5.75 Å². The molecule has 0 saturated carbocycles. The van der Waals surface area contributed by atoms with Crippen molar-refractivity contribution in [1.82, 2.24) is 5.43 Å². The number of benzene rings is 2. The number of hydrazone groups is 1. The van der Waals surface area contributed by atoms with Gasteiger partial charge in [-0.1, -0.05) is 24.3 Å². The molecule has 0 radical (unpaired) electrons. The minimum atomic E-state index is -0.529. The van der Waals surface area contributed by atoms with Crippen molar-refractivity contribution < 1.29 is 18.7 Å². The van der Waals surface area contributed by atoms with Crippen molar-refractivity contribution >= 4 is 23.2 Å². The van der Waals surface area contributed by atoms with Gasteiger partial charge in [-0.3, -0.25) is 9.59 Å². The van der Waals surface area contributed by atoms with Crippen molar-refractivity contribution in [3.63, 3.8) is 0 Å². The smallest absolute Gasteiger partial charge is 0.277 e. The number of para-hydroxylation sites is 1. The van der Waals surface area contributed by atoms with Crippen molar-refractivity contribution in [3.05, 3.63) is 59.9 Å². The highest BCUT2D eigenvalue weighted by Gasteiger charge is 2.21. The topological polar surface area (TPSA) is 71.0 Å². The Hall–Kier alpha value is -3.22. The van der Waals surface area contributed by atoms with Gasteiger partial charge in [-0.05, 0) is 43.2 Å². The molecule has 27 heavy (non-hydrogen) atoms. The highest BCUT2D eigenvalue weighted by molar-refractivity contribution is 6.01. The number of nitrogens with one attached hydrogen (secondary N) is 1. The van der Waals surface area contributed by atoms with Crippen LogP contribution in [0.4, 0.5) is 10.1 Å². The van der Waals surface area contributed by atoms with E-state index in [0.717, 1.165) is 17.7 Å². The number of hydrogen-bond donors (Lipinski definition) is 1. The Balaban J connectivity index is 1.59. The molecule has 1 heterocycles. The molecule has 0 spiro atoms. The minimum absolute atomic E-state index is 0.0105. The van der Waals surface area contributed by atoms with Gasteiger partial charge in [0, 0.05) is 18.7 Å². The summed E-state index contributed by atoms with van der Waals surface area (Å²) in [5, 5.41) is 4.06. The number of amides is 2. The first-order valence-electron chi connectivity index (χ1n) is 8.66. The van der Waals surface area contributed by atoms with Crippen LogP contribution in [0.25, 0.3) is 0 Å². The largest absolute Gasteiger partial charge is 0.481 e. The fourth-order valence-corrected chi connectivity index (χ4v) is 2.77. The van der Waals surface area contributed by atoms with E-state index in [0.29, 0.717) is 18.7 Å². The zero-order valence-corrected chi connectivity index (χ0v) is 14.9. The molecule has 1 aliphatic rings. The van der Waals surface area contributed by atoms with E-state index < -0.39 is 11.7 Å². The number of rotatable bonds is 6. The molecule has 1 aliphatic heterocycles. The average Bonchev–Trinajstić information content (AvgIpc) is 3.11. The molecule has 2 aromatic rings. The fraction of sp³-hybridized carbons (Fsp3) is 0.250. The van der Waals surface area contributed by atoms with Crippen molar-refractivity contribution in [2.24, 2.45) is 5.10 Å². The SMILES string of the molecule is C/C(=N/NC(=O)COc1ccccc1F)c1cccc(N2CCCC2=O)c1. The van der Waals surface area contributed by atoms with Crippen LogP contribution < -0.4 is 15.1 Å². The number of anilines is 1. The van der Waals surface area contributed by atoms with Gasteiger partial charge >= 0.3 is 0 Å². The monoisotopic (exact) mass is 369 g/mol. The molecule has 6 nitrogen and oxygen atoms in total. The van der Waals surface area contributed by atoms with Crippen LogP contribution >= 0.6 is 0 Å². The van der Waals surface area contributed by atoms with Crippen LogP contribution in [-0.4, -0.2) is 30.7 Å². The lowest BCUT2D eigenvalue weighted by Gasteiger charge is -2.16. The van der Waals surface area contributed by atoms with E-state index in [9.17, 15) is 14.0 Å². The molecule has 3 rings (SSSR count). The lowest BCUT2D eigenvalue weighted by molar-refractivity contribution is -0.123. The Morgan fingerprint density at radius 2 is 2.07 bits per heavy atom. The van der Waals surface area contributed by atoms with Gasteiger partial charge in [0.1, 0.15) is 0 Å². The molecule has 0 aromatic heterocycles. The number of carbonyl (C=O) groups excluding carboxylic acids is 2. The Morgan fingerprint density at radius 1 is 1.26 bits per heavy atom. The molecule has 140 valence electrons. The molecule has 0 atom stereocenters. The second kappa shape index (κ2) is 8.44. The number of carbonyl (C=O) groups is 2. The summed E-state index contributed by atoms with van der Waals surface area (Å²) in [5.41, 5.74) is 4.59. The maximum Gasteiger partial charge on any atom is 0.277 e. The van der Waals surface area contributed by atoms with Crippen LogP contribution in [-0.2, 0) is 9.59 Å². The van der Waals surface area contributed by atoms with E-state index in [-0.39, 0.29) is 18.3 Å². The number of hydrogen-bond acceptors (Lipinski definition) is 4. The summed E-state index contributed by atoms with van der Waals surface area (Å²) < 4.78 is 18.6. The van der Waals surface area contributed by atoms with Gasteiger partial charge in [0.15, 0.2) is 18.2 Å². The van der Waals surface area contributed by atoms with E-state index in [1.54, 1.807) is 24.0 Å². The van der Waals surface area contributed by atoms with Gasteiger partial charge in [0.25, 0.3) is 5.91 Å². The number of nitrogens with zero attached hydrogens (tertiary/aromatic N) is 2. The third-order valence-corrected chi connectivity index (χ3v) is 4.19. The summed E-state index contributed by atoms with van der Waals surface area (Å²) in [6.07, 6.45) is 1.42. The van der Waals surface area contributed by atoms with Crippen molar-refractivity contribution in [1.29, 1.82) is 0 Å². The summed E-state index contributed by atoms with van der Waals surface area (Å²) in [6.45, 7) is 2.12. The Labute approximate surface area is 156 Å². The van der Waals surface area contributed by atoms with Crippen molar-refractivity contribution in [2.75, 3.05) is 18.1 Å². The maximum atomic E-state index is 13.5. The van der Waals surface area contributed by atoms with Gasteiger partial charge in [-0.25, -0.2) is 9.82 Å². The maximum absolute atomic E-state index is 13.5. The van der Waals surface area contributed by atoms with Gasteiger partial charge in [0.05, 0.1) is 5.71 Å². The normalized spacial score (nSPS) is 14.4. The predicted molar refractivity (Wildman–Crippen MR) is 100 cm³/mol. The predicted octanol–water partition coefficient (Wildman–Crippen LogP) is 2.87. The third-order valence-electron chi connectivity index (χ3n) is 4.19. The summed E-state index contributed by atoms with van der Waals surface area (Å²) in [4.78, 5) is 25.5. The number of halogens is 1. The summed E-state index contributed by atoms with van der Waals surface area (Å²) in [5.74, 6) is -0.904. The minimum Gasteiger partial charge on any atom is -0.481 e. The van der Waals surface area contributed by atoms with Gasteiger partial charge < -0.3 is 9.64 Å². The van der Waals surface area contributed by atoms with E-state index in [4.69, 9.17) is 4.74 Å². The quantitative estimate of drug-likeness (QED) is 0.629. The molecule has 2 amide bonds. The molecule has 1 N–H and O–H groups in total. The van der Waals surface area contributed by atoms with Gasteiger partial charge in [0.2, 0.25) is 5.91 Å². The average molecular weight is 369 g/mol. The van der Waals surface area contributed by atoms with Crippen LogP contribution in [0.2, 0.25) is 0 Å².